The molecule has 0 bridgehead atoms. The van der Waals surface area contributed by atoms with Gasteiger partial charge in [0.15, 0.2) is 5.82 Å². The molecule has 1 aromatic carbocycles. The first-order valence-corrected chi connectivity index (χ1v) is 5.69. The van der Waals surface area contributed by atoms with E-state index in [2.05, 4.69) is 26.2 Å². The molecule has 0 amide bonds. The normalized spacial score (nSPS) is 10.1. The van der Waals surface area contributed by atoms with Crippen LogP contribution in [0.5, 0.6) is 0 Å². The fourth-order valence-electron chi connectivity index (χ4n) is 1.42. The van der Waals surface area contributed by atoms with Crippen LogP contribution in [0.15, 0.2) is 41.0 Å². The number of pyridine rings is 1. The Morgan fingerprint density at radius 1 is 1.31 bits per heavy atom. The summed E-state index contributed by atoms with van der Waals surface area (Å²) in [5.41, 5.74) is 8.66. The number of nitrogens with one attached hydrogen (secondary N) is 1. The molecule has 0 saturated carbocycles. The summed E-state index contributed by atoms with van der Waals surface area (Å²) in [6.07, 6.45) is 1.72. The van der Waals surface area contributed by atoms with E-state index in [-0.39, 0.29) is 0 Å². The van der Waals surface area contributed by atoms with Gasteiger partial charge in [0, 0.05) is 16.4 Å². The lowest BCUT2D eigenvalue weighted by Crippen LogP contribution is -1.99. The molecule has 2 rings (SSSR count). The summed E-state index contributed by atoms with van der Waals surface area (Å²) in [5, 5.41) is 3.18. The van der Waals surface area contributed by atoms with Gasteiger partial charge in [0.05, 0.1) is 5.69 Å². The van der Waals surface area contributed by atoms with Crippen molar-refractivity contribution in [2.45, 2.75) is 6.92 Å². The topological polar surface area (TPSA) is 50.9 Å². The first-order valence-electron chi connectivity index (χ1n) is 4.90. The fourth-order valence-corrected chi connectivity index (χ4v) is 1.77. The molecule has 0 aliphatic heterocycles. The molecular formula is C12H12BrN3. The number of hydrogen-bond acceptors (Lipinski definition) is 3. The first-order chi connectivity index (χ1) is 7.65. The van der Waals surface area contributed by atoms with Crippen LogP contribution in [0, 0.1) is 6.92 Å². The van der Waals surface area contributed by atoms with Gasteiger partial charge in [-0.2, -0.15) is 0 Å². The number of nitrogen functional groups attached to an aromatic ring is 1. The third-order valence-electron chi connectivity index (χ3n) is 2.16. The summed E-state index contributed by atoms with van der Waals surface area (Å²) in [6.45, 7) is 2.05. The standard InChI is InChI=1S/C12H12BrN3/c1-8-3-2-4-10(5-8)16-12-11(14)6-9(13)7-15-12/h2-7H,14H2,1H3,(H,15,16). The van der Waals surface area contributed by atoms with E-state index in [1.807, 2.05) is 37.3 Å². The zero-order chi connectivity index (χ0) is 11.5. The van der Waals surface area contributed by atoms with Crippen LogP contribution >= 0.6 is 15.9 Å². The Labute approximate surface area is 103 Å². The van der Waals surface area contributed by atoms with Gasteiger partial charge in [-0.15, -0.1) is 0 Å². The van der Waals surface area contributed by atoms with E-state index in [1.165, 1.54) is 5.56 Å². The molecule has 0 aliphatic rings. The minimum atomic E-state index is 0.621. The molecule has 1 aromatic heterocycles. The Morgan fingerprint density at radius 2 is 2.12 bits per heavy atom. The maximum atomic E-state index is 5.85. The van der Waals surface area contributed by atoms with Gasteiger partial charge in [0.1, 0.15) is 0 Å². The highest BCUT2D eigenvalue weighted by Crippen LogP contribution is 2.23. The quantitative estimate of drug-likeness (QED) is 0.884. The smallest absolute Gasteiger partial charge is 0.153 e. The number of aryl methyl sites for hydroxylation is 1. The van der Waals surface area contributed by atoms with E-state index >= 15 is 0 Å². The van der Waals surface area contributed by atoms with Gasteiger partial charge in [0.25, 0.3) is 0 Å². The minimum absolute atomic E-state index is 0.621. The van der Waals surface area contributed by atoms with Gasteiger partial charge < -0.3 is 11.1 Å². The van der Waals surface area contributed by atoms with Crippen LogP contribution in [0.3, 0.4) is 0 Å². The molecular weight excluding hydrogens is 266 g/mol. The molecule has 0 aliphatic carbocycles. The predicted octanol–water partition coefficient (Wildman–Crippen LogP) is 3.48. The number of hydrogen-bond donors (Lipinski definition) is 2. The van der Waals surface area contributed by atoms with E-state index in [1.54, 1.807) is 6.20 Å². The number of benzene rings is 1. The molecule has 0 saturated heterocycles. The van der Waals surface area contributed by atoms with Crippen molar-refractivity contribution in [2.24, 2.45) is 0 Å². The van der Waals surface area contributed by atoms with Crippen LogP contribution < -0.4 is 11.1 Å². The molecule has 0 radical (unpaired) electrons. The van der Waals surface area contributed by atoms with Crippen LogP contribution in [-0.2, 0) is 0 Å². The summed E-state index contributed by atoms with van der Waals surface area (Å²) in [4.78, 5) is 4.22. The largest absolute Gasteiger partial charge is 0.396 e. The molecule has 82 valence electrons. The SMILES string of the molecule is Cc1cccc(Nc2ncc(Br)cc2N)c1. The zero-order valence-corrected chi connectivity index (χ0v) is 10.5. The second kappa shape index (κ2) is 4.53. The Bertz CT molecular complexity index is 511. The average molecular weight is 278 g/mol. The summed E-state index contributed by atoms with van der Waals surface area (Å²) in [6, 6.07) is 9.89. The Hall–Kier alpha value is -1.55. The van der Waals surface area contributed by atoms with Crippen molar-refractivity contribution in [3.05, 3.63) is 46.6 Å². The molecule has 0 spiro atoms. The highest BCUT2D eigenvalue weighted by molar-refractivity contribution is 9.10. The van der Waals surface area contributed by atoms with Gasteiger partial charge in [-0.05, 0) is 46.6 Å². The summed E-state index contributed by atoms with van der Waals surface area (Å²) in [7, 11) is 0. The van der Waals surface area contributed by atoms with Gasteiger partial charge >= 0.3 is 0 Å². The van der Waals surface area contributed by atoms with Crippen molar-refractivity contribution in [2.75, 3.05) is 11.1 Å². The lowest BCUT2D eigenvalue weighted by Gasteiger charge is -2.08. The number of nitrogens with two attached hydrogens (primary N) is 1. The third-order valence-corrected chi connectivity index (χ3v) is 2.60. The molecule has 2 aromatic rings. The molecule has 3 N–H and O–H groups in total. The van der Waals surface area contributed by atoms with Gasteiger partial charge in [-0.3, -0.25) is 0 Å². The minimum Gasteiger partial charge on any atom is -0.396 e. The predicted molar refractivity (Wildman–Crippen MR) is 70.8 cm³/mol. The summed E-state index contributed by atoms with van der Waals surface area (Å²) < 4.78 is 0.875. The molecule has 4 heteroatoms. The average Bonchev–Trinajstić information content (AvgIpc) is 2.22. The summed E-state index contributed by atoms with van der Waals surface area (Å²) >= 11 is 3.32. The van der Waals surface area contributed by atoms with Crippen molar-refractivity contribution in [3.63, 3.8) is 0 Å². The molecule has 1 heterocycles. The van der Waals surface area contributed by atoms with Crippen molar-refractivity contribution in [1.82, 2.24) is 4.98 Å². The van der Waals surface area contributed by atoms with Crippen molar-refractivity contribution >= 4 is 33.1 Å². The fraction of sp³-hybridized carbons (Fsp3) is 0.0833. The third kappa shape index (κ3) is 2.52. The Morgan fingerprint density at radius 3 is 2.81 bits per heavy atom. The van der Waals surface area contributed by atoms with Crippen LogP contribution in [0.25, 0.3) is 0 Å². The van der Waals surface area contributed by atoms with Crippen LogP contribution in [-0.4, -0.2) is 4.98 Å². The van der Waals surface area contributed by atoms with E-state index in [9.17, 15) is 0 Å². The number of halogens is 1. The number of rotatable bonds is 2. The lowest BCUT2D eigenvalue weighted by atomic mass is 10.2. The Balaban J connectivity index is 2.27. The zero-order valence-electron chi connectivity index (χ0n) is 8.87. The molecule has 3 nitrogen and oxygen atoms in total. The van der Waals surface area contributed by atoms with Crippen molar-refractivity contribution in [1.29, 1.82) is 0 Å². The van der Waals surface area contributed by atoms with Gasteiger partial charge in [0.2, 0.25) is 0 Å². The number of aromatic nitrogens is 1. The highest BCUT2D eigenvalue weighted by atomic mass is 79.9. The van der Waals surface area contributed by atoms with E-state index in [4.69, 9.17) is 5.73 Å². The number of nitrogens with zero attached hydrogens (tertiary/aromatic N) is 1. The molecule has 16 heavy (non-hydrogen) atoms. The van der Waals surface area contributed by atoms with E-state index in [0.717, 1.165) is 10.2 Å². The van der Waals surface area contributed by atoms with E-state index in [0.29, 0.717) is 11.5 Å². The van der Waals surface area contributed by atoms with Gasteiger partial charge in [-0.1, -0.05) is 12.1 Å². The first kappa shape index (κ1) is 11.0. The Kier molecular flexibility index (Phi) is 3.10. The number of anilines is 3. The second-order valence-corrected chi connectivity index (χ2v) is 4.50. The summed E-state index contributed by atoms with van der Waals surface area (Å²) in [5.74, 6) is 0.675. The lowest BCUT2D eigenvalue weighted by molar-refractivity contribution is 1.29. The van der Waals surface area contributed by atoms with Crippen LogP contribution in [0.1, 0.15) is 5.56 Å². The van der Waals surface area contributed by atoms with Crippen LogP contribution in [0.2, 0.25) is 0 Å². The van der Waals surface area contributed by atoms with Gasteiger partial charge in [-0.25, -0.2) is 4.98 Å². The van der Waals surface area contributed by atoms with Crippen molar-refractivity contribution < 1.29 is 0 Å². The van der Waals surface area contributed by atoms with Crippen LogP contribution in [0.4, 0.5) is 17.2 Å². The molecule has 0 atom stereocenters. The molecule has 0 unspecified atom stereocenters. The maximum Gasteiger partial charge on any atom is 0.153 e. The van der Waals surface area contributed by atoms with Crippen molar-refractivity contribution in [3.8, 4) is 0 Å². The van der Waals surface area contributed by atoms with E-state index < -0.39 is 0 Å². The second-order valence-electron chi connectivity index (χ2n) is 3.59. The monoisotopic (exact) mass is 277 g/mol. The molecule has 0 fully saturated rings. The highest BCUT2D eigenvalue weighted by Gasteiger charge is 2.01. The maximum absolute atomic E-state index is 5.85.